The molecule has 140 valence electrons. The minimum absolute atomic E-state index is 0. The Morgan fingerprint density at radius 1 is 1.19 bits per heavy atom. The number of benzene rings is 1. The van der Waals surface area contributed by atoms with Crippen LogP contribution in [0.1, 0.15) is 41.0 Å². The van der Waals surface area contributed by atoms with E-state index in [0.29, 0.717) is 23.2 Å². The Bertz CT molecular complexity index is 769. The highest BCUT2D eigenvalue weighted by atomic mass is 35.5. The predicted molar refractivity (Wildman–Crippen MR) is 106 cm³/mol. The van der Waals surface area contributed by atoms with Gasteiger partial charge in [0, 0.05) is 41.8 Å². The molecule has 0 saturated carbocycles. The van der Waals surface area contributed by atoms with Gasteiger partial charge in [0.15, 0.2) is 5.69 Å². The van der Waals surface area contributed by atoms with Crippen molar-refractivity contribution < 1.29 is 4.79 Å². The first kappa shape index (κ1) is 19.2. The van der Waals surface area contributed by atoms with Crippen LogP contribution in [0.15, 0.2) is 24.3 Å². The van der Waals surface area contributed by atoms with Crippen LogP contribution in [-0.4, -0.2) is 35.3 Å². The summed E-state index contributed by atoms with van der Waals surface area (Å²) in [5, 5.41) is 11.7. The molecule has 1 aromatic heterocycles. The van der Waals surface area contributed by atoms with Crippen molar-refractivity contribution in [2.75, 3.05) is 19.6 Å². The number of nitrogens with zero attached hydrogens (tertiary/aromatic N) is 2. The molecule has 5 nitrogen and oxygen atoms in total. The SMILES string of the molecule is Cl.O=C(NCC1CNC1)c1nn(-c2ccc(Cl)cc2)c2c1CCCCC2. The van der Waals surface area contributed by atoms with Gasteiger partial charge < -0.3 is 10.6 Å². The zero-order valence-corrected chi connectivity index (χ0v) is 16.2. The number of fused-ring (bicyclic) bond motifs is 1. The van der Waals surface area contributed by atoms with E-state index in [0.717, 1.165) is 50.0 Å². The molecule has 0 atom stereocenters. The molecule has 0 radical (unpaired) electrons. The smallest absolute Gasteiger partial charge is 0.272 e. The Hall–Kier alpha value is -1.56. The monoisotopic (exact) mass is 394 g/mol. The third kappa shape index (κ3) is 3.90. The van der Waals surface area contributed by atoms with E-state index >= 15 is 0 Å². The lowest BCUT2D eigenvalue weighted by Gasteiger charge is -2.26. The Morgan fingerprint density at radius 2 is 1.92 bits per heavy atom. The van der Waals surface area contributed by atoms with Crippen LogP contribution in [0, 0.1) is 5.92 Å². The van der Waals surface area contributed by atoms with Gasteiger partial charge in [-0.15, -0.1) is 12.4 Å². The van der Waals surface area contributed by atoms with E-state index in [1.807, 2.05) is 28.9 Å². The largest absolute Gasteiger partial charge is 0.350 e. The second-order valence-corrected chi connectivity index (χ2v) is 7.39. The minimum Gasteiger partial charge on any atom is -0.350 e. The lowest BCUT2D eigenvalue weighted by molar-refractivity contribution is 0.0936. The highest BCUT2D eigenvalue weighted by molar-refractivity contribution is 6.30. The van der Waals surface area contributed by atoms with E-state index in [4.69, 9.17) is 16.7 Å². The molecule has 2 heterocycles. The van der Waals surface area contributed by atoms with E-state index in [1.165, 1.54) is 12.1 Å². The molecule has 26 heavy (non-hydrogen) atoms. The van der Waals surface area contributed by atoms with Crippen molar-refractivity contribution in [2.45, 2.75) is 32.1 Å². The van der Waals surface area contributed by atoms with Gasteiger partial charge in [-0.3, -0.25) is 4.79 Å². The Labute approximate surface area is 164 Å². The van der Waals surface area contributed by atoms with Gasteiger partial charge in [-0.1, -0.05) is 18.0 Å². The Morgan fingerprint density at radius 3 is 2.62 bits per heavy atom. The van der Waals surface area contributed by atoms with E-state index in [-0.39, 0.29) is 18.3 Å². The molecular formula is C19H24Cl2N4O. The van der Waals surface area contributed by atoms with Gasteiger partial charge in [0.2, 0.25) is 0 Å². The fourth-order valence-electron chi connectivity index (χ4n) is 3.57. The number of hydrogen-bond donors (Lipinski definition) is 2. The molecular weight excluding hydrogens is 371 g/mol. The average Bonchev–Trinajstić information content (AvgIpc) is 2.76. The summed E-state index contributed by atoms with van der Waals surface area (Å²) in [6.07, 6.45) is 5.35. The number of halogens is 2. The van der Waals surface area contributed by atoms with Crippen LogP contribution in [0.4, 0.5) is 0 Å². The van der Waals surface area contributed by atoms with Crippen molar-refractivity contribution in [3.63, 3.8) is 0 Å². The first-order valence-corrected chi connectivity index (χ1v) is 9.46. The first-order valence-electron chi connectivity index (χ1n) is 9.08. The third-order valence-electron chi connectivity index (χ3n) is 5.13. The fourth-order valence-corrected chi connectivity index (χ4v) is 3.69. The summed E-state index contributed by atoms with van der Waals surface area (Å²) in [4.78, 5) is 12.7. The first-order chi connectivity index (χ1) is 12.2. The molecule has 1 aliphatic carbocycles. The number of aromatic nitrogens is 2. The highest BCUT2D eigenvalue weighted by Gasteiger charge is 2.25. The average molecular weight is 395 g/mol. The molecule has 4 rings (SSSR count). The zero-order valence-electron chi connectivity index (χ0n) is 14.6. The molecule has 1 saturated heterocycles. The number of carbonyl (C=O) groups is 1. The summed E-state index contributed by atoms with van der Waals surface area (Å²) in [6.45, 7) is 2.68. The molecule has 1 amide bonds. The quantitative estimate of drug-likeness (QED) is 0.782. The van der Waals surface area contributed by atoms with Gasteiger partial charge in [-0.2, -0.15) is 5.10 Å². The molecule has 1 aliphatic heterocycles. The van der Waals surface area contributed by atoms with Crippen molar-refractivity contribution in [2.24, 2.45) is 5.92 Å². The number of rotatable bonds is 4. The second kappa shape index (κ2) is 8.42. The van der Waals surface area contributed by atoms with Crippen molar-refractivity contribution in [1.82, 2.24) is 20.4 Å². The van der Waals surface area contributed by atoms with Crippen molar-refractivity contribution >= 4 is 29.9 Å². The number of amides is 1. The summed E-state index contributed by atoms with van der Waals surface area (Å²) in [5.41, 5.74) is 3.86. The van der Waals surface area contributed by atoms with Crippen molar-refractivity contribution in [3.05, 3.63) is 46.2 Å². The van der Waals surface area contributed by atoms with Gasteiger partial charge in [0.05, 0.1) is 5.69 Å². The van der Waals surface area contributed by atoms with Crippen LogP contribution in [0.2, 0.25) is 5.02 Å². The predicted octanol–water partition coefficient (Wildman–Crippen LogP) is 3.17. The van der Waals surface area contributed by atoms with Crippen molar-refractivity contribution in [3.8, 4) is 5.69 Å². The summed E-state index contributed by atoms with van der Waals surface area (Å²) in [5.74, 6) is 0.499. The molecule has 0 unspecified atom stereocenters. The lowest BCUT2D eigenvalue weighted by Crippen LogP contribution is -2.48. The third-order valence-corrected chi connectivity index (χ3v) is 5.39. The number of hydrogen-bond acceptors (Lipinski definition) is 3. The van der Waals surface area contributed by atoms with Gasteiger partial charge in [-0.25, -0.2) is 4.68 Å². The van der Waals surface area contributed by atoms with Gasteiger partial charge >= 0.3 is 0 Å². The Balaban J connectivity index is 0.00000196. The number of nitrogens with one attached hydrogen (secondary N) is 2. The van der Waals surface area contributed by atoms with E-state index in [2.05, 4.69) is 10.6 Å². The van der Waals surface area contributed by atoms with Gasteiger partial charge in [0.25, 0.3) is 5.91 Å². The van der Waals surface area contributed by atoms with Crippen LogP contribution >= 0.6 is 24.0 Å². The van der Waals surface area contributed by atoms with Crippen LogP contribution < -0.4 is 10.6 Å². The minimum atomic E-state index is -0.0437. The molecule has 7 heteroatoms. The molecule has 1 aromatic carbocycles. The fraction of sp³-hybridized carbons (Fsp3) is 0.474. The topological polar surface area (TPSA) is 59.0 Å². The van der Waals surface area contributed by atoms with Gasteiger partial charge in [-0.05, 0) is 49.9 Å². The van der Waals surface area contributed by atoms with Gasteiger partial charge in [0.1, 0.15) is 0 Å². The lowest BCUT2D eigenvalue weighted by atomic mass is 10.0. The normalized spacial score (nSPS) is 16.8. The molecule has 2 aromatic rings. The highest BCUT2D eigenvalue weighted by Crippen LogP contribution is 2.27. The van der Waals surface area contributed by atoms with Crippen molar-refractivity contribution in [1.29, 1.82) is 0 Å². The zero-order chi connectivity index (χ0) is 17.2. The molecule has 2 aliphatic rings. The van der Waals surface area contributed by atoms with E-state index < -0.39 is 0 Å². The summed E-state index contributed by atoms with van der Waals surface area (Å²) in [6, 6.07) is 7.65. The maximum Gasteiger partial charge on any atom is 0.272 e. The summed E-state index contributed by atoms with van der Waals surface area (Å²) in [7, 11) is 0. The van der Waals surface area contributed by atoms with Crippen LogP contribution in [0.25, 0.3) is 5.69 Å². The number of carbonyl (C=O) groups excluding carboxylic acids is 1. The maximum atomic E-state index is 12.7. The van der Waals surface area contributed by atoms with Crippen LogP contribution in [-0.2, 0) is 12.8 Å². The molecule has 1 fully saturated rings. The van der Waals surface area contributed by atoms with E-state index in [9.17, 15) is 4.79 Å². The van der Waals surface area contributed by atoms with Crippen LogP contribution in [0.5, 0.6) is 0 Å². The molecule has 0 spiro atoms. The summed E-state index contributed by atoms with van der Waals surface area (Å²) < 4.78 is 1.94. The standard InChI is InChI=1S/C19H23ClN4O.ClH/c20-14-6-8-15(9-7-14)24-17-5-3-1-2-4-16(17)18(23-24)19(25)22-12-13-10-21-11-13;/h6-9,13,21H,1-5,10-12H2,(H,22,25);1H. The van der Waals surface area contributed by atoms with Crippen LogP contribution in [0.3, 0.4) is 0 Å². The Kier molecular flexibility index (Phi) is 6.22. The molecule has 0 bridgehead atoms. The molecule has 2 N–H and O–H groups in total. The van der Waals surface area contributed by atoms with E-state index in [1.54, 1.807) is 0 Å². The summed E-state index contributed by atoms with van der Waals surface area (Å²) >= 11 is 6.02. The second-order valence-electron chi connectivity index (χ2n) is 6.96. The maximum absolute atomic E-state index is 12.7.